The summed E-state index contributed by atoms with van der Waals surface area (Å²) >= 11 is 5.79. The van der Waals surface area contributed by atoms with Gasteiger partial charge < -0.3 is 14.2 Å². The van der Waals surface area contributed by atoms with E-state index in [1.54, 1.807) is 79.9 Å². The second-order valence-corrected chi connectivity index (χ2v) is 6.66. The number of hydrogen-bond donors (Lipinski definition) is 1. The summed E-state index contributed by atoms with van der Waals surface area (Å²) in [6.45, 7) is -0.181. The van der Waals surface area contributed by atoms with E-state index in [2.05, 4.69) is 10.5 Å². The van der Waals surface area contributed by atoms with E-state index in [1.165, 1.54) is 6.21 Å². The summed E-state index contributed by atoms with van der Waals surface area (Å²) in [6.07, 6.45) is 1.47. The lowest BCUT2D eigenvalue weighted by Crippen LogP contribution is -2.24. The van der Waals surface area contributed by atoms with Crippen molar-refractivity contribution in [3.8, 4) is 17.2 Å². The number of ether oxygens (including phenoxy) is 3. The van der Waals surface area contributed by atoms with E-state index >= 15 is 0 Å². The highest BCUT2D eigenvalue weighted by Crippen LogP contribution is 2.17. The van der Waals surface area contributed by atoms with Gasteiger partial charge in [0.25, 0.3) is 5.91 Å². The molecule has 0 aliphatic rings. The fraction of sp³-hybridized carbons (Fsp3) is 0.0870. The zero-order valence-corrected chi connectivity index (χ0v) is 17.3. The van der Waals surface area contributed by atoms with Crippen LogP contribution in [0.1, 0.15) is 15.9 Å². The van der Waals surface area contributed by atoms with Crippen LogP contribution in [-0.2, 0) is 4.79 Å². The first-order valence-corrected chi connectivity index (χ1v) is 9.58. The van der Waals surface area contributed by atoms with Crippen molar-refractivity contribution < 1.29 is 23.8 Å². The van der Waals surface area contributed by atoms with E-state index < -0.39 is 11.9 Å². The Morgan fingerprint density at radius 2 is 1.52 bits per heavy atom. The molecule has 8 heteroatoms. The van der Waals surface area contributed by atoms with Gasteiger partial charge in [-0.15, -0.1) is 0 Å². The number of benzene rings is 3. The summed E-state index contributed by atoms with van der Waals surface area (Å²) in [6, 6.07) is 20.0. The lowest BCUT2D eigenvalue weighted by molar-refractivity contribution is -0.123. The van der Waals surface area contributed by atoms with Crippen LogP contribution in [0.2, 0.25) is 5.02 Å². The van der Waals surface area contributed by atoms with Crippen LogP contribution in [-0.4, -0.2) is 31.8 Å². The van der Waals surface area contributed by atoms with E-state index in [0.29, 0.717) is 33.4 Å². The van der Waals surface area contributed by atoms with Gasteiger partial charge in [-0.05, 0) is 78.4 Å². The minimum atomic E-state index is -0.475. The molecule has 0 atom stereocenters. The molecule has 1 amide bonds. The fourth-order valence-corrected chi connectivity index (χ4v) is 2.53. The maximum atomic E-state index is 12.2. The average molecular weight is 439 g/mol. The van der Waals surface area contributed by atoms with Crippen molar-refractivity contribution in [3.05, 3.63) is 88.9 Å². The molecule has 7 nitrogen and oxygen atoms in total. The number of methoxy groups -OCH3 is 1. The highest BCUT2D eigenvalue weighted by Gasteiger charge is 2.08. The monoisotopic (exact) mass is 438 g/mol. The van der Waals surface area contributed by atoms with Gasteiger partial charge in [-0.3, -0.25) is 4.79 Å². The van der Waals surface area contributed by atoms with Gasteiger partial charge in [0.15, 0.2) is 6.61 Å². The second-order valence-electron chi connectivity index (χ2n) is 6.22. The Bertz CT molecular complexity index is 1050. The van der Waals surface area contributed by atoms with Gasteiger partial charge in [-0.25, -0.2) is 10.2 Å². The second kappa shape index (κ2) is 10.8. The lowest BCUT2D eigenvalue weighted by atomic mass is 10.2. The lowest BCUT2D eigenvalue weighted by Gasteiger charge is -2.06. The summed E-state index contributed by atoms with van der Waals surface area (Å²) in [7, 11) is 1.55. The first kappa shape index (κ1) is 21.9. The van der Waals surface area contributed by atoms with Crippen molar-refractivity contribution in [2.75, 3.05) is 13.7 Å². The van der Waals surface area contributed by atoms with Crippen LogP contribution in [0.3, 0.4) is 0 Å². The standard InChI is InChI=1S/C23H19ClN2O5/c1-29-19-10-4-17(5-11-19)23(28)31-21-8-2-16(3-9-21)14-25-26-22(27)15-30-20-12-6-18(24)7-13-20/h2-14H,15H2,1H3,(H,26,27)/b25-14+. The van der Waals surface area contributed by atoms with Crippen molar-refractivity contribution in [3.63, 3.8) is 0 Å². The Balaban J connectivity index is 1.45. The molecule has 158 valence electrons. The molecule has 3 aromatic carbocycles. The third-order valence-electron chi connectivity index (χ3n) is 4.00. The highest BCUT2D eigenvalue weighted by atomic mass is 35.5. The number of amides is 1. The number of nitrogens with zero attached hydrogens (tertiary/aromatic N) is 1. The van der Waals surface area contributed by atoms with Gasteiger partial charge in [0.1, 0.15) is 17.2 Å². The molecule has 31 heavy (non-hydrogen) atoms. The number of halogens is 1. The number of hydrogen-bond acceptors (Lipinski definition) is 6. The maximum absolute atomic E-state index is 12.2. The third kappa shape index (κ3) is 6.87. The van der Waals surface area contributed by atoms with Gasteiger partial charge in [-0.1, -0.05) is 11.6 Å². The van der Waals surface area contributed by atoms with Crippen LogP contribution in [0.15, 0.2) is 77.9 Å². The topological polar surface area (TPSA) is 86.2 Å². The van der Waals surface area contributed by atoms with Crippen molar-refractivity contribution in [2.24, 2.45) is 5.10 Å². The van der Waals surface area contributed by atoms with E-state index in [9.17, 15) is 9.59 Å². The molecule has 0 saturated heterocycles. The van der Waals surface area contributed by atoms with Crippen molar-refractivity contribution >= 4 is 29.7 Å². The molecule has 0 aromatic heterocycles. The van der Waals surface area contributed by atoms with Gasteiger partial charge in [0.05, 0.1) is 18.9 Å². The van der Waals surface area contributed by atoms with Crippen molar-refractivity contribution in [2.45, 2.75) is 0 Å². The van der Waals surface area contributed by atoms with Crippen LogP contribution < -0.4 is 19.6 Å². The highest BCUT2D eigenvalue weighted by molar-refractivity contribution is 6.30. The van der Waals surface area contributed by atoms with Crippen LogP contribution in [0.5, 0.6) is 17.2 Å². The number of hydrazone groups is 1. The maximum Gasteiger partial charge on any atom is 0.343 e. The summed E-state index contributed by atoms with van der Waals surface area (Å²) in [5.41, 5.74) is 3.50. The molecule has 0 heterocycles. The average Bonchev–Trinajstić information content (AvgIpc) is 2.80. The summed E-state index contributed by atoms with van der Waals surface area (Å²) in [5.74, 6) is 0.693. The van der Waals surface area contributed by atoms with Crippen LogP contribution in [0, 0.1) is 0 Å². The molecule has 1 N–H and O–H groups in total. The number of rotatable bonds is 8. The van der Waals surface area contributed by atoms with Crippen LogP contribution >= 0.6 is 11.6 Å². The molecule has 0 bridgehead atoms. The van der Waals surface area contributed by atoms with E-state index in [4.69, 9.17) is 25.8 Å². The van der Waals surface area contributed by atoms with Crippen molar-refractivity contribution in [1.82, 2.24) is 5.43 Å². The first-order chi connectivity index (χ1) is 15.0. The number of carbonyl (C=O) groups is 2. The molecular formula is C23H19ClN2O5. The molecule has 0 aliphatic heterocycles. The third-order valence-corrected chi connectivity index (χ3v) is 4.25. The zero-order valence-electron chi connectivity index (χ0n) is 16.6. The largest absolute Gasteiger partial charge is 0.497 e. The van der Waals surface area contributed by atoms with E-state index in [1.807, 2.05) is 0 Å². The molecular weight excluding hydrogens is 420 g/mol. The minimum Gasteiger partial charge on any atom is -0.497 e. The number of esters is 1. The number of carbonyl (C=O) groups excluding carboxylic acids is 2. The SMILES string of the molecule is COc1ccc(C(=O)Oc2ccc(/C=N/NC(=O)COc3ccc(Cl)cc3)cc2)cc1. The number of nitrogens with one attached hydrogen (secondary N) is 1. The van der Waals surface area contributed by atoms with Gasteiger partial charge in [0.2, 0.25) is 0 Å². The molecule has 3 rings (SSSR count). The minimum absolute atomic E-state index is 0.181. The van der Waals surface area contributed by atoms with Crippen LogP contribution in [0.4, 0.5) is 0 Å². The Kier molecular flexibility index (Phi) is 7.61. The fourth-order valence-electron chi connectivity index (χ4n) is 2.41. The molecule has 0 saturated carbocycles. The Morgan fingerprint density at radius 1 is 0.903 bits per heavy atom. The predicted octanol–water partition coefficient (Wildman–Crippen LogP) is 4.10. The molecule has 0 aliphatic carbocycles. The van der Waals surface area contributed by atoms with Gasteiger partial charge >= 0.3 is 5.97 Å². The molecule has 0 unspecified atom stereocenters. The van der Waals surface area contributed by atoms with E-state index in [-0.39, 0.29) is 6.61 Å². The molecule has 3 aromatic rings. The summed E-state index contributed by atoms with van der Waals surface area (Å²) in [4.78, 5) is 24.0. The summed E-state index contributed by atoms with van der Waals surface area (Å²) in [5, 5.41) is 4.46. The Hall–Kier alpha value is -3.84. The van der Waals surface area contributed by atoms with Crippen molar-refractivity contribution in [1.29, 1.82) is 0 Å². The first-order valence-electron chi connectivity index (χ1n) is 9.20. The Labute approximate surface area is 184 Å². The van der Waals surface area contributed by atoms with E-state index in [0.717, 1.165) is 0 Å². The normalized spacial score (nSPS) is 10.5. The smallest absolute Gasteiger partial charge is 0.343 e. The molecule has 0 radical (unpaired) electrons. The van der Waals surface area contributed by atoms with Gasteiger partial charge in [0, 0.05) is 5.02 Å². The zero-order chi connectivity index (χ0) is 22.1. The molecule has 0 spiro atoms. The molecule has 0 fully saturated rings. The Morgan fingerprint density at radius 3 is 2.16 bits per heavy atom. The predicted molar refractivity (Wildman–Crippen MR) is 117 cm³/mol. The van der Waals surface area contributed by atoms with Crippen LogP contribution in [0.25, 0.3) is 0 Å². The summed E-state index contributed by atoms with van der Waals surface area (Å²) < 4.78 is 15.7. The quantitative estimate of drug-likeness (QED) is 0.248. The van der Waals surface area contributed by atoms with Gasteiger partial charge in [-0.2, -0.15) is 5.10 Å².